The van der Waals surface area contributed by atoms with Crippen molar-refractivity contribution >= 4 is 26.1 Å². The average Bonchev–Trinajstić information content (AvgIpc) is 3.20. The smallest absolute Gasteiger partial charge is 0.304 e. The van der Waals surface area contributed by atoms with Gasteiger partial charge in [-0.25, -0.2) is 21.9 Å². The lowest BCUT2D eigenvalue weighted by Gasteiger charge is -2.47. The average molecular weight is 502 g/mol. The highest BCUT2D eigenvalue weighted by atomic mass is 32.2. The SMILES string of the molecule is CS(=O)(=O)N1CCC(F)(COC2CCC3CC(O)C(N4CC(=O)NS4(=O)=O)C(F)C3C2)C1. The number of fused-ring (bicyclic) bond motifs is 1. The minimum atomic E-state index is -4.20. The zero-order valence-electron chi connectivity index (χ0n) is 17.7. The van der Waals surface area contributed by atoms with Crippen molar-refractivity contribution in [3.05, 3.63) is 0 Å². The molecule has 2 aliphatic carbocycles. The minimum absolute atomic E-state index is 0.0205. The Morgan fingerprint density at radius 1 is 1.31 bits per heavy atom. The third kappa shape index (κ3) is 4.67. The van der Waals surface area contributed by atoms with E-state index in [0.29, 0.717) is 17.1 Å². The molecule has 0 radical (unpaired) electrons. The van der Waals surface area contributed by atoms with Gasteiger partial charge in [0, 0.05) is 6.54 Å². The van der Waals surface area contributed by atoms with E-state index in [4.69, 9.17) is 4.74 Å². The molecule has 32 heavy (non-hydrogen) atoms. The summed E-state index contributed by atoms with van der Waals surface area (Å²) in [4.78, 5) is 11.6. The van der Waals surface area contributed by atoms with Gasteiger partial charge in [0.15, 0.2) is 0 Å². The molecule has 2 aliphatic heterocycles. The van der Waals surface area contributed by atoms with E-state index in [0.717, 1.165) is 10.6 Å². The Hall–Kier alpha value is -0.930. The second-order valence-electron chi connectivity index (χ2n) is 9.48. The zero-order chi connectivity index (χ0) is 23.5. The second-order valence-corrected chi connectivity index (χ2v) is 13.1. The predicted molar refractivity (Wildman–Crippen MR) is 109 cm³/mol. The maximum Gasteiger partial charge on any atom is 0.304 e. The molecule has 4 rings (SSSR count). The molecule has 4 fully saturated rings. The molecule has 10 nitrogen and oxygen atoms in total. The van der Waals surface area contributed by atoms with Crippen molar-refractivity contribution in [2.24, 2.45) is 11.8 Å². The summed E-state index contributed by atoms with van der Waals surface area (Å²) >= 11 is 0. The van der Waals surface area contributed by atoms with Gasteiger partial charge in [-0.05, 0) is 43.9 Å². The Labute approximate surface area is 186 Å². The van der Waals surface area contributed by atoms with Gasteiger partial charge in [-0.2, -0.15) is 17.0 Å². The molecule has 0 spiro atoms. The van der Waals surface area contributed by atoms with Crippen LogP contribution in [0.25, 0.3) is 0 Å². The third-order valence-electron chi connectivity index (χ3n) is 7.17. The summed E-state index contributed by atoms with van der Waals surface area (Å²) in [5.74, 6) is -1.54. The van der Waals surface area contributed by atoms with Gasteiger partial charge < -0.3 is 9.84 Å². The fourth-order valence-electron chi connectivity index (χ4n) is 5.52. The van der Waals surface area contributed by atoms with Gasteiger partial charge in [0.05, 0.1) is 44.2 Å². The number of hydrogen-bond donors (Lipinski definition) is 2. The van der Waals surface area contributed by atoms with Crippen LogP contribution in [0.4, 0.5) is 8.78 Å². The van der Waals surface area contributed by atoms with Crippen molar-refractivity contribution in [1.82, 2.24) is 13.3 Å². The Bertz CT molecular complexity index is 966. The van der Waals surface area contributed by atoms with Crippen LogP contribution in [0.15, 0.2) is 0 Å². The van der Waals surface area contributed by atoms with Crippen molar-refractivity contribution in [3.63, 3.8) is 0 Å². The van der Waals surface area contributed by atoms with Gasteiger partial charge in [-0.15, -0.1) is 0 Å². The third-order valence-corrected chi connectivity index (χ3v) is 9.90. The second kappa shape index (κ2) is 8.38. The number of ether oxygens (including phenoxy) is 1. The highest BCUT2D eigenvalue weighted by molar-refractivity contribution is 7.88. The lowest BCUT2D eigenvalue weighted by molar-refractivity contribution is -0.121. The molecule has 2 N–H and O–H groups in total. The number of carbonyl (C=O) groups is 1. The van der Waals surface area contributed by atoms with Crippen LogP contribution < -0.4 is 4.72 Å². The topological polar surface area (TPSA) is 133 Å². The van der Waals surface area contributed by atoms with E-state index in [1.807, 2.05) is 0 Å². The number of amides is 1. The van der Waals surface area contributed by atoms with Gasteiger partial charge in [0.1, 0.15) is 11.8 Å². The molecular formula is C18H29F2N3O7S2. The molecule has 0 bridgehead atoms. The highest BCUT2D eigenvalue weighted by Gasteiger charge is 2.54. The largest absolute Gasteiger partial charge is 0.391 e. The lowest BCUT2D eigenvalue weighted by Crippen LogP contribution is -2.59. The van der Waals surface area contributed by atoms with Crippen molar-refractivity contribution in [1.29, 1.82) is 0 Å². The minimum Gasteiger partial charge on any atom is -0.391 e. The molecule has 4 aliphatic rings. The van der Waals surface area contributed by atoms with Crippen molar-refractivity contribution in [3.8, 4) is 0 Å². The molecule has 7 unspecified atom stereocenters. The first kappa shape index (κ1) is 24.2. The number of rotatable bonds is 5. The molecule has 184 valence electrons. The van der Waals surface area contributed by atoms with Crippen LogP contribution in [-0.4, -0.2) is 99.0 Å². The van der Waals surface area contributed by atoms with Crippen LogP contribution in [0.5, 0.6) is 0 Å². The van der Waals surface area contributed by atoms with Crippen LogP contribution in [0, 0.1) is 11.8 Å². The lowest BCUT2D eigenvalue weighted by atomic mass is 9.66. The fraction of sp³-hybridized carbons (Fsp3) is 0.944. The highest BCUT2D eigenvalue weighted by Crippen LogP contribution is 2.45. The summed E-state index contributed by atoms with van der Waals surface area (Å²) in [6, 6.07) is -1.37. The normalized spacial score (nSPS) is 43.2. The van der Waals surface area contributed by atoms with Crippen LogP contribution in [0.2, 0.25) is 0 Å². The van der Waals surface area contributed by atoms with Crippen LogP contribution in [0.1, 0.15) is 32.1 Å². The number of nitrogens with one attached hydrogen (secondary N) is 1. The van der Waals surface area contributed by atoms with Crippen molar-refractivity contribution < 1.29 is 40.3 Å². The number of aliphatic hydroxyl groups is 1. The zero-order valence-corrected chi connectivity index (χ0v) is 19.3. The number of halogens is 2. The summed E-state index contributed by atoms with van der Waals surface area (Å²) in [6.45, 7) is -1.04. The van der Waals surface area contributed by atoms with Gasteiger partial charge in [-0.1, -0.05) is 0 Å². The molecule has 0 aromatic rings. The van der Waals surface area contributed by atoms with Crippen molar-refractivity contribution in [2.45, 2.75) is 62.2 Å². The Kier molecular flexibility index (Phi) is 6.34. The van der Waals surface area contributed by atoms with E-state index in [2.05, 4.69) is 0 Å². The van der Waals surface area contributed by atoms with E-state index < -0.39 is 68.7 Å². The van der Waals surface area contributed by atoms with Crippen molar-refractivity contribution in [2.75, 3.05) is 32.5 Å². The Balaban J connectivity index is 1.40. The molecule has 7 atom stereocenters. The number of aliphatic hydroxyl groups excluding tert-OH is 1. The number of alkyl halides is 2. The monoisotopic (exact) mass is 501 g/mol. The van der Waals surface area contributed by atoms with E-state index in [1.54, 1.807) is 4.72 Å². The Morgan fingerprint density at radius 2 is 2.03 bits per heavy atom. The first-order valence-electron chi connectivity index (χ1n) is 10.7. The molecule has 2 saturated carbocycles. The number of sulfonamides is 1. The molecule has 0 aromatic heterocycles. The standard InChI is InChI=1S/C18H29F2N3O7S2/c1-31(26,27)22-5-4-18(20,9-22)10-30-12-3-2-11-6-14(24)17(16(19)13(11)7-12)23-8-15(25)21-32(23,28)29/h11-14,16-17,24H,2-10H2,1H3,(H,21,25). The molecule has 2 saturated heterocycles. The maximum atomic E-state index is 15.5. The van der Waals surface area contributed by atoms with E-state index in [1.165, 1.54) is 0 Å². The van der Waals surface area contributed by atoms with E-state index in [9.17, 15) is 26.7 Å². The molecular weight excluding hydrogens is 472 g/mol. The molecule has 0 aromatic carbocycles. The summed E-state index contributed by atoms with van der Waals surface area (Å²) in [5, 5.41) is 10.5. The summed E-state index contributed by atoms with van der Waals surface area (Å²) in [7, 11) is -7.69. The summed E-state index contributed by atoms with van der Waals surface area (Å²) in [6.07, 6.45) is -0.829. The van der Waals surface area contributed by atoms with Gasteiger partial charge in [0.25, 0.3) is 0 Å². The van der Waals surface area contributed by atoms with Gasteiger partial charge in [-0.3, -0.25) is 4.79 Å². The summed E-state index contributed by atoms with van der Waals surface area (Å²) < 4.78 is 87.5. The van der Waals surface area contributed by atoms with Crippen LogP contribution in [0.3, 0.4) is 0 Å². The van der Waals surface area contributed by atoms with Gasteiger partial charge in [0.2, 0.25) is 15.9 Å². The Morgan fingerprint density at radius 3 is 2.62 bits per heavy atom. The number of carbonyl (C=O) groups excluding carboxylic acids is 1. The molecule has 1 amide bonds. The fourth-order valence-corrected chi connectivity index (χ4v) is 7.74. The first-order valence-corrected chi connectivity index (χ1v) is 14.0. The van der Waals surface area contributed by atoms with Gasteiger partial charge >= 0.3 is 10.2 Å². The first-order chi connectivity index (χ1) is 14.8. The number of hydrogen-bond acceptors (Lipinski definition) is 7. The predicted octanol–water partition coefficient (Wildman–Crippen LogP) is -0.691. The van der Waals surface area contributed by atoms with Crippen LogP contribution in [-0.2, 0) is 29.8 Å². The summed E-state index contributed by atoms with van der Waals surface area (Å²) in [5.41, 5.74) is -1.81. The molecule has 14 heteroatoms. The van der Waals surface area contributed by atoms with E-state index >= 15 is 8.78 Å². The van der Waals surface area contributed by atoms with Crippen LogP contribution >= 0.6 is 0 Å². The molecule has 2 heterocycles. The maximum absolute atomic E-state index is 15.5. The number of nitrogens with zero attached hydrogens (tertiary/aromatic N) is 2. The van der Waals surface area contributed by atoms with E-state index in [-0.39, 0.29) is 44.9 Å². The quantitative estimate of drug-likeness (QED) is 0.509.